The number of benzene rings is 1. The lowest BCUT2D eigenvalue weighted by molar-refractivity contribution is -0.136. The van der Waals surface area contributed by atoms with E-state index in [4.69, 9.17) is 5.11 Å². The number of nitrogens with zero attached hydrogens (tertiary/aromatic N) is 2. The zero-order valence-electron chi connectivity index (χ0n) is 12.9. The predicted molar refractivity (Wildman–Crippen MR) is 82.4 cm³/mol. The molecule has 6 heteroatoms. The Morgan fingerprint density at radius 2 is 1.77 bits per heavy atom. The van der Waals surface area contributed by atoms with Crippen LogP contribution in [0.3, 0.4) is 0 Å². The minimum absolute atomic E-state index is 0.0869. The third kappa shape index (κ3) is 3.72. The summed E-state index contributed by atoms with van der Waals surface area (Å²) >= 11 is 0. The molecule has 0 saturated carbocycles. The third-order valence-corrected chi connectivity index (χ3v) is 3.20. The molecule has 1 amide bonds. The number of amides is 1. The first-order valence-corrected chi connectivity index (χ1v) is 7.02. The van der Waals surface area contributed by atoms with Gasteiger partial charge in [0.2, 0.25) is 0 Å². The summed E-state index contributed by atoms with van der Waals surface area (Å²) in [5, 5.41) is 15.4. The molecule has 0 aliphatic rings. The van der Waals surface area contributed by atoms with Gasteiger partial charge in [-0.25, -0.2) is 4.68 Å². The normalized spacial score (nSPS) is 10.5. The van der Waals surface area contributed by atoms with Crippen LogP contribution in [0.1, 0.15) is 33.7 Å². The van der Waals surface area contributed by atoms with Crippen molar-refractivity contribution in [3.8, 4) is 5.69 Å². The van der Waals surface area contributed by atoms with Gasteiger partial charge in [-0.3, -0.25) is 9.59 Å². The van der Waals surface area contributed by atoms with Crippen molar-refractivity contribution in [2.24, 2.45) is 0 Å². The van der Waals surface area contributed by atoms with E-state index < -0.39 is 5.97 Å². The summed E-state index contributed by atoms with van der Waals surface area (Å²) in [4.78, 5) is 22.4. The van der Waals surface area contributed by atoms with Gasteiger partial charge in [0.05, 0.1) is 12.1 Å². The number of hydrogen-bond acceptors (Lipinski definition) is 3. The minimum Gasteiger partial charge on any atom is -0.481 e. The summed E-state index contributed by atoms with van der Waals surface area (Å²) < 4.78 is 1.71. The van der Waals surface area contributed by atoms with Crippen molar-refractivity contribution in [1.82, 2.24) is 15.1 Å². The average molecular weight is 301 g/mol. The van der Waals surface area contributed by atoms with Gasteiger partial charge in [-0.2, -0.15) is 5.10 Å². The van der Waals surface area contributed by atoms with Gasteiger partial charge in [0.25, 0.3) is 5.91 Å². The zero-order valence-corrected chi connectivity index (χ0v) is 12.9. The second-order valence-electron chi connectivity index (χ2n) is 5.33. The monoisotopic (exact) mass is 301 g/mol. The molecule has 2 rings (SSSR count). The van der Waals surface area contributed by atoms with Crippen LogP contribution in [-0.4, -0.2) is 33.3 Å². The van der Waals surface area contributed by atoms with Crippen LogP contribution in [0.25, 0.3) is 5.69 Å². The Balaban J connectivity index is 2.20. The van der Waals surface area contributed by atoms with E-state index in [1.807, 2.05) is 32.9 Å². The lowest BCUT2D eigenvalue weighted by Crippen LogP contribution is -2.26. The topological polar surface area (TPSA) is 84.2 Å². The van der Waals surface area contributed by atoms with Crippen LogP contribution >= 0.6 is 0 Å². The van der Waals surface area contributed by atoms with Crippen LogP contribution in [0.5, 0.6) is 0 Å². The Labute approximate surface area is 128 Å². The summed E-state index contributed by atoms with van der Waals surface area (Å²) in [5.41, 5.74) is 4.27. The van der Waals surface area contributed by atoms with Crippen molar-refractivity contribution < 1.29 is 14.7 Å². The average Bonchev–Trinajstić information content (AvgIpc) is 2.79. The van der Waals surface area contributed by atoms with E-state index in [0.29, 0.717) is 0 Å². The van der Waals surface area contributed by atoms with Gasteiger partial charge >= 0.3 is 5.97 Å². The molecule has 116 valence electrons. The molecule has 0 fully saturated rings. The number of rotatable bonds is 5. The Morgan fingerprint density at radius 3 is 2.36 bits per heavy atom. The molecule has 2 aromatic rings. The van der Waals surface area contributed by atoms with Crippen LogP contribution in [0, 0.1) is 20.8 Å². The van der Waals surface area contributed by atoms with Crippen LogP contribution in [0.2, 0.25) is 0 Å². The highest BCUT2D eigenvalue weighted by atomic mass is 16.4. The highest BCUT2D eigenvalue weighted by Gasteiger charge is 2.13. The number of aryl methyl sites for hydroxylation is 3. The molecule has 0 saturated heterocycles. The van der Waals surface area contributed by atoms with Gasteiger partial charge in [-0.15, -0.1) is 0 Å². The minimum atomic E-state index is -0.947. The largest absolute Gasteiger partial charge is 0.481 e. The summed E-state index contributed by atoms with van der Waals surface area (Å²) in [6, 6.07) is 7.76. The van der Waals surface area contributed by atoms with E-state index in [2.05, 4.69) is 16.5 Å². The molecule has 1 aromatic carbocycles. The molecule has 6 nitrogen and oxygen atoms in total. The highest BCUT2D eigenvalue weighted by molar-refractivity contribution is 5.92. The molecule has 0 unspecified atom stereocenters. The Bertz CT molecular complexity index is 699. The van der Waals surface area contributed by atoms with Crippen molar-refractivity contribution in [3.63, 3.8) is 0 Å². The van der Waals surface area contributed by atoms with Gasteiger partial charge in [0.1, 0.15) is 0 Å². The van der Waals surface area contributed by atoms with E-state index in [1.54, 1.807) is 10.7 Å². The number of carbonyl (C=O) groups excluding carboxylic acids is 1. The van der Waals surface area contributed by atoms with Crippen molar-refractivity contribution in [1.29, 1.82) is 0 Å². The van der Waals surface area contributed by atoms with Gasteiger partial charge in [0, 0.05) is 12.2 Å². The lowest BCUT2D eigenvalue weighted by Gasteiger charge is -2.07. The Hall–Kier alpha value is -2.63. The van der Waals surface area contributed by atoms with E-state index in [-0.39, 0.29) is 24.6 Å². The fourth-order valence-electron chi connectivity index (χ4n) is 2.29. The van der Waals surface area contributed by atoms with Crippen molar-refractivity contribution in [3.05, 3.63) is 46.8 Å². The summed E-state index contributed by atoms with van der Waals surface area (Å²) in [7, 11) is 0. The van der Waals surface area contributed by atoms with Crippen LogP contribution in [-0.2, 0) is 4.79 Å². The van der Waals surface area contributed by atoms with Crippen molar-refractivity contribution in [2.75, 3.05) is 6.54 Å². The number of carboxylic acids is 1. The molecule has 0 radical (unpaired) electrons. The van der Waals surface area contributed by atoms with E-state index in [0.717, 1.165) is 22.5 Å². The van der Waals surface area contributed by atoms with Gasteiger partial charge in [-0.05, 0) is 50.1 Å². The molecule has 0 bridgehead atoms. The number of aromatic nitrogens is 2. The summed E-state index contributed by atoms with van der Waals surface area (Å²) in [6.45, 7) is 5.98. The number of hydrogen-bond donors (Lipinski definition) is 2. The quantitative estimate of drug-likeness (QED) is 0.884. The molecule has 1 heterocycles. The number of aliphatic carboxylic acids is 1. The fourth-order valence-corrected chi connectivity index (χ4v) is 2.29. The first-order valence-electron chi connectivity index (χ1n) is 7.02. The standard InChI is InChI=1S/C16H19N3O3/c1-10-6-11(2)8-13(7-10)19-12(3)9-14(18-19)16(22)17-5-4-15(20)21/h6-9H,4-5H2,1-3H3,(H,17,22)(H,20,21). The molecule has 0 spiro atoms. The van der Waals surface area contributed by atoms with Crippen LogP contribution in [0.4, 0.5) is 0 Å². The van der Waals surface area contributed by atoms with Crippen LogP contribution in [0.15, 0.2) is 24.3 Å². The van der Waals surface area contributed by atoms with E-state index in [1.165, 1.54) is 0 Å². The molecule has 0 aliphatic heterocycles. The van der Waals surface area contributed by atoms with Crippen LogP contribution < -0.4 is 5.32 Å². The summed E-state index contributed by atoms with van der Waals surface area (Å²) in [5.74, 6) is -1.32. The number of carbonyl (C=O) groups is 2. The second kappa shape index (κ2) is 6.43. The maximum Gasteiger partial charge on any atom is 0.305 e. The maximum atomic E-state index is 12.0. The Morgan fingerprint density at radius 1 is 1.14 bits per heavy atom. The first kappa shape index (κ1) is 15.8. The van der Waals surface area contributed by atoms with Gasteiger partial charge in [0.15, 0.2) is 5.69 Å². The molecule has 0 atom stereocenters. The second-order valence-corrected chi connectivity index (χ2v) is 5.33. The van der Waals surface area contributed by atoms with Gasteiger partial charge in [-0.1, -0.05) is 6.07 Å². The SMILES string of the molecule is Cc1cc(C)cc(-n2nc(C(=O)NCCC(=O)O)cc2C)c1. The first-order chi connectivity index (χ1) is 10.4. The van der Waals surface area contributed by atoms with Crippen molar-refractivity contribution in [2.45, 2.75) is 27.2 Å². The van der Waals surface area contributed by atoms with E-state index in [9.17, 15) is 9.59 Å². The maximum absolute atomic E-state index is 12.0. The van der Waals surface area contributed by atoms with E-state index >= 15 is 0 Å². The molecular weight excluding hydrogens is 282 g/mol. The lowest BCUT2D eigenvalue weighted by atomic mass is 10.1. The fraction of sp³-hybridized carbons (Fsp3) is 0.312. The smallest absolute Gasteiger partial charge is 0.305 e. The molecular formula is C16H19N3O3. The third-order valence-electron chi connectivity index (χ3n) is 3.20. The molecule has 2 N–H and O–H groups in total. The van der Waals surface area contributed by atoms with Crippen molar-refractivity contribution >= 4 is 11.9 Å². The predicted octanol–water partition coefficient (Wildman–Crippen LogP) is 2.00. The number of nitrogens with one attached hydrogen (secondary N) is 1. The number of carboxylic acid groups (broad SMARTS) is 1. The van der Waals surface area contributed by atoms with Gasteiger partial charge < -0.3 is 10.4 Å². The highest BCUT2D eigenvalue weighted by Crippen LogP contribution is 2.16. The molecule has 0 aliphatic carbocycles. The summed E-state index contributed by atoms with van der Waals surface area (Å²) in [6.07, 6.45) is -0.109. The zero-order chi connectivity index (χ0) is 16.3. The molecule has 1 aromatic heterocycles. The molecule has 22 heavy (non-hydrogen) atoms. The Kier molecular flexibility index (Phi) is 4.60.